The highest BCUT2D eigenvalue weighted by molar-refractivity contribution is 7.07. The number of esters is 2. The molecule has 1 aromatic heterocycles. The molecule has 1 atom stereocenters. The summed E-state index contributed by atoms with van der Waals surface area (Å²) in [6.07, 6.45) is 1.75. The van der Waals surface area contributed by atoms with Crippen molar-refractivity contribution in [2.45, 2.75) is 46.8 Å². The van der Waals surface area contributed by atoms with Crippen LogP contribution in [0.1, 0.15) is 51.8 Å². The van der Waals surface area contributed by atoms with Gasteiger partial charge in [0.15, 0.2) is 22.9 Å². The van der Waals surface area contributed by atoms with Gasteiger partial charge in [-0.2, -0.15) is 0 Å². The third-order valence-corrected chi connectivity index (χ3v) is 8.23. The van der Waals surface area contributed by atoms with Crippen molar-refractivity contribution in [1.29, 1.82) is 0 Å². The highest BCUT2D eigenvalue weighted by Gasteiger charge is 2.34. The first-order chi connectivity index (χ1) is 22.2. The van der Waals surface area contributed by atoms with Crippen LogP contribution < -0.4 is 29.1 Å². The van der Waals surface area contributed by atoms with Gasteiger partial charge in [-0.15, -0.1) is 0 Å². The summed E-state index contributed by atoms with van der Waals surface area (Å²) in [4.78, 5) is 44.6. The zero-order valence-corrected chi connectivity index (χ0v) is 27.4. The fourth-order valence-electron chi connectivity index (χ4n) is 5.30. The Morgan fingerprint density at radius 2 is 1.76 bits per heavy atom. The molecule has 0 N–H and O–H groups in total. The van der Waals surface area contributed by atoms with Gasteiger partial charge in [-0.1, -0.05) is 47.7 Å². The lowest BCUT2D eigenvalue weighted by molar-refractivity contribution is -0.143. The maximum atomic E-state index is 14.4. The van der Waals surface area contributed by atoms with Gasteiger partial charge in [0.2, 0.25) is 0 Å². The third kappa shape index (κ3) is 6.55. The molecule has 1 aliphatic heterocycles. The number of hydrogen-bond donors (Lipinski definition) is 0. The summed E-state index contributed by atoms with van der Waals surface area (Å²) in [5.41, 5.74) is 1.71. The average Bonchev–Trinajstić information content (AvgIpc) is 3.34. The minimum absolute atomic E-state index is 0.0802. The van der Waals surface area contributed by atoms with Crippen LogP contribution in [0.2, 0.25) is 0 Å². The van der Waals surface area contributed by atoms with Crippen LogP contribution in [-0.4, -0.2) is 49.5 Å². The maximum Gasteiger partial charge on any atom is 0.343 e. The summed E-state index contributed by atoms with van der Waals surface area (Å²) in [5.74, 6) is 0.192. The lowest BCUT2D eigenvalue weighted by Gasteiger charge is -2.25. The zero-order chi connectivity index (χ0) is 33.0. The van der Waals surface area contributed by atoms with Gasteiger partial charge < -0.3 is 23.7 Å². The van der Waals surface area contributed by atoms with Crippen LogP contribution >= 0.6 is 11.3 Å². The molecule has 1 aliphatic rings. The number of aromatic nitrogens is 1. The molecule has 2 heterocycles. The Labute approximate surface area is 270 Å². The highest BCUT2D eigenvalue weighted by Crippen LogP contribution is 2.37. The monoisotopic (exact) mass is 644 g/mol. The van der Waals surface area contributed by atoms with Crippen molar-refractivity contribution >= 4 is 40.1 Å². The van der Waals surface area contributed by atoms with Crippen LogP contribution in [-0.2, 0) is 19.1 Å². The molecule has 10 nitrogen and oxygen atoms in total. The van der Waals surface area contributed by atoms with Crippen molar-refractivity contribution < 1.29 is 33.3 Å². The average molecular weight is 645 g/mol. The number of allylic oxidation sites excluding steroid dienone is 1. The first-order valence-electron chi connectivity index (χ1n) is 15.0. The molecule has 0 saturated heterocycles. The van der Waals surface area contributed by atoms with Crippen LogP contribution in [0.3, 0.4) is 0 Å². The van der Waals surface area contributed by atoms with Gasteiger partial charge in [-0.3, -0.25) is 9.36 Å². The molecule has 11 heteroatoms. The molecule has 46 heavy (non-hydrogen) atoms. The first kappa shape index (κ1) is 32.5. The van der Waals surface area contributed by atoms with Crippen LogP contribution in [0.4, 0.5) is 0 Å². The predicted octanol–water partition coefficient (Wildman–Crippen LogP) is 4.69. The van der Waals surface area contributed by atoms with Crippen molar-refractivity contribution in [1.82, 2.24) is 4.57 Å². The van der Waals surface area contributed by atoms with Crippen molar-refractivity contribution in [3.63, 3.8) is 0 Å². The maximum absolute atomic E-state index is 14.4. The van der Waals surface area contributed by atoms with E-state index in [0.717, 1.165) is 16.3 Å². The lowest BCUT2D eigenvalue weighted by atomic mass is 9.95. The number of ether oxygens (including phenoxy) is 5. The Morgan fingerprint density at radius 1 is 1.00 bits per heavy atom. The number of thiazole rings is 1. The van der Waals surface area contributed by atoms with E-state index >= 15 is 0 Å². The summed E-state index contributed by atoms with van der Waals surface area (Å²) in [5, 5.41) is 1.95. The Hall–Kier alpha value is -4.90. The van der Waals surface area contributed by atoms with Crippen molar-refractivity contribution in [2.75, 3.05) is 26.9 Å². The van der Waals surface area contributed by atoms with Crippen LogP contribution in [0.15, 0.2) is 75.7 Å². The van der Waals surface area contributed by atoms with Crippen LogP contribution in [0.25, 0.3) is 16.8 Å². The zero-order valence-electron chi connectivity index (χ0n) is 26.6. The van der Waals surface area contributed by atoms with Crippen LogP contribution in [0.5, 0.6) is 17.2 Å². The molecule has 0 aliphatic carbocycles. The molecule has 0 bridgehead atoms. The van der Waals surface area contributed by atoms with E-state index in [9.17, 15) is 14.4 Å². The van der Waals surface area contributed by atoms with Gasteiger partial charge in [-0.25, -0.2) is 14.6 Å². The molecule has 0 amide bonds. The molecule has 0 unspecified atom stereocenters. The fourth-order valence-corrected chi connectivity index (χ4v) is 6.33. The number of hydrogen-bond acceptors (Lipinski definition) is 10. The normalized spacial score (nSPS) is 14.6. The van der Waals surface area contributed by atoms with E-state index in [-0.39, 0.29) is 30.5 Å². The minimum atomic E-state index is -0.870. The predicted molar refractivity (Wildman–Crippen MR) is 175 cm³/mol. The molecule has 0 radical (unpaired) electrons. The second kappa shape index (κ2) is 14.0. The van der Waals surface area contributed by atoms with Gasteiger partial charge >= 0.3 is 11.9 Å². The quantitative estimate of drug-likeness (QED) is 0.216. The first-order valence-corrected chi connectivity index (χ1v) is 15.8. The second-order valence-electron chi connectivity index (χ2n) is 10.7. The molecular weight excluding hydrogens is 608 g/mol. The smallest absolute Gasteiger partial charge is 0.343 e. The van der Waals surface area contributed by atoms with Crippen LogP contribution in [0, 0.1) is 0 Å². The standard InChI is InChI=1S/C35H36N2O8S/c1-7-42-28-17-23(14-16-27(28)44-19-30(38)41-6)32-31(34(40)43-8-2)21(5)36-35-37(32)33(39)29(46-35)18-25-24-12-10-9-11-22(24)13-15-26(25)45-20(3)4/h9-18,20,32H,7-8,19H2,1-6H3/b29-18+/t32-/m1/s1. The molecule has 240 valence electrons. The Bertz CT molecular complexity index is 2010. The Kier molecular flexibility index (Phi) is 9.91. The van der Waals surface area contributed by atoms with E-state index in [1.54, 1.807) is 32.0 Å². The minimum Gasteiger partial charge on any atom is -0.490 e. The molecule has 4 aromatic rings. The van der Waals surface area contributed by atoms with Gasteiger partial charge in [0, 0.05) is 5.56 Å². The summed E-state index contributed by atoms with van der Waals surface area (Å²) >= 11 is 1.23. The number of carbonyl (C=O) groups is 2. The van der Waals surface area contributed by atoms with E-state index in [4.69, 9.17) is 28.7 Å². The second-order valence-corrected chi connectivity index (χ2v) is 11.7. The van der Waals surface area contributed by atoms with Crippen molar-refractivity contribution in [3.05, 3.63) is 96.7 Å². The number of fused-ring (bicyclic) bond motifs is 2. The molecule has 0 saturated carbocycles. The largest absolute Gasteiger partial charge is 0.490 e. The SMILES string of the molecule is CCOC(=O)C1=C(C)N=c2s/c(=C/c3c(OC(C)C)ccc4ccccc34)c(=O)n2[C@@H]1c1ccc(OCC(=O)OC)c(OCC)c1. The van der Waals surface area contributed by atoms with Gasteiger partial charge in [0.1, 0.15) is 5.75 Å². The van der Waals surface area contributed by atoms with Crippen molar-refractivity contribution in [2.24, 2.45) is 4.99 Å². The highest BCUT2D eigenvalue weighted by atomic mass is 32.1. The lowest BCUT2D eigenvalue weighted by Crippen LogP contribution is -2.40. The summed E-state index contributed by atoms with van der Waals surface area (Å²) in [6.45, 7) is 9.33. The summed E-state index contributed by atoms with van der Waals surface area (Å²) in [7, 11) is 1.28. The number of benzene rings is 3. The number of rotatable bonds is 11. The van der Waals surface area contributed by atoms with Gasteiger partial charge in [0.25, 0.3) is 5.56 Å². The van der Waals surface area contributed by atoms with E-state index in [2.05, 4.69) is 0 Å². The summed E-state index contributed by atoms with van der Waals surface area (Å²) < 4.78 is 29.7. The third-order valence-electron chi connectivity index (χ3n) is 7.24. The number of nitrogens with zero attached hydrogens (tertiary/aromatic N) is 2. The van der Waals surface area contributed by atoms with E-state index in [1.165, 1.54) is 23.0 Å². The Morgan fingerprint density at radius 3 is 2.48 bits per heavy atom. The van der Waals surface area contributed by atoms with Crippen molar-refractivity contribution in [3.8, 4) is 17.2 Å². The van der Waals surface area contributed by atoms with Gasteiger partial charge in [0.05, 0.1) is 48.3 Å². The molecule has 3 aromatic carbocycles. The number of carbonyl (C=O) groups excluding carboxylic acids is 2. The molecule has 0 fully saturated rings. The molecule has 5 rings (SSSR count). The van der Waals surface area contributed by atoms with Gasteiger partial charge in [-0.05, 0) is 75.2 Å². The summed E-state index contributed by atoms with van der Waals surface area (Å²) in [6, 6.07) is 16.0. The van der Waals surface area contributed by atoms with E-state index in [0.29, 0.717) is 44.4 Å². The van der Waals surface area contributed by atoms with E-state index in [1.807, 2.05) is 63.2 Å². The Balaban J connectivity index is 1.73. The topological polar surface area (TPSA) is 115 Å². The fraction of sp³-hybridized carbons (Fsp3) is 0.314. The molecular formula is C35H36N2O8S. The molecule has 0 spiro atoms. The number of methoxy groups -OCH3 is 1. The van der Waals surface area contributed by atoms with E-state index < -0.39 is 18.0 Å².